The van der Waals surface area contributed by atoms with Gasteiger partial charge in [0.15, 0.2) is 0 Å². The molecule has 5 heterocycles. The van der Waals surface area contributed by atoms with Gasteiger partial charge in [-0.1, -0.05) is 46.4 Å². The number of cyclic esters (lactones) is 1. The average Bonchev–Trinajstić information content (AvgIpc) is 3.90. The number of benzene rings is 2. The molecule has 4 atom stereocenters. The van der Waals surface area contributed by atoms with Gasteiger partial charge in [-0.15, -0.1) is 0 Å². The van der Waals surface area contributed by atoms with Gasteiger partial charge in [-0.3, -0.25) is 38.8 Å². The lowest BCUT2D eigenvalue weighted by molar-refractivity contribution is -0.155. The summed E-state index contributed by atoms with van der Waals surface area (Å²) in [6.07, 6.45) is 4.50. The number of esters is 1. The molecule has 2 saturated heterocycles. The Morgan fingerprint density at radius 1 is 1.05 bits per heavy atom. The van der Waals surface area contributed by atoms with Crippen LogP contribution in [0.25, 0.3) is 33.3 Å². The zero-order valence-corrected chi connectivity index (χ0v) is 38.6. The van der Waals surface area contributed by atoms with Crippen LogP contribution in [0.15, 0.2) is 67.4 Å². The number of pyridine rings is 1. The Balaban J connectivity index is 1.29. The van der Waals surface area contributed by atoms with E-state index in [1.54, 1.807) is 36.3 Å². The van der Waals surface area contributed by atoms with Crippen LogP contribution >= 0.6 is 0 Å². The van der Waals surface area contributed by atoms with Crippen molar-refractivity contribution in [3.05, 3.63) is 84.2 Å². The lowest BCUT2D eigenvalue weighted by atomic mass is 9.84. The molecule has 4 aromatic rings. The number of phenolic OH excluding ortho intramolecular Hbond substituents is 1. The van der Waals surface area contributed by atoms with Gasteiger partial charge < -0.3 is 34.6 Å². The number of amides is 4. The number of aliphatic carboxylic acids is 1. The highest BCUT2D eigenvalue weighted by Gasteiger charge is 2.40. The van der Waals surface area contributed by atoms with Gasteiger partial charge in [-0.2, -0.15) is 0 Å². The summed E-state index contributed by atoms with van der Waals surface area (Å²) in [6.45, 7) is 14.8. The van der Waals surface area contributed by atoms with E-state index in [1.165, 1.54) is 16.0 Å². The van der Waals surface area contributed by atoms with Gasteiger partial charge in [-0.25, -0.2) is 5.43 Å². The molecule has 0 saturated carbocycles. The molecule has 3 aliphatic heterocycles. The van der Waals surface area contributed by atoms with E-state index in [2.05, 4.69) is 39.9 Å². The zero-order valence-electron chi connectivity index (χ0n) is 38.6. The molecule has 16 nitrogen and oxygen atoms in total. The molecule has 2 aromatic heterocycles. The number of rotatable bonds is 10. The van der Waals surface area contributed by atoms with Crippen molar-refractivity contribution in [3.8, 4) is 28.1 Å². The fourth-order valence-corrected chi connectivity index (χ4v) is 9.76. The van der Waals surface area contributed by atoms with E-state index >= 15 is 0 Å². The second-order valence-corrected chi connectivity index (χ2v) is 18.9. The molecule has 2 fully saturated rings. The van der Waals surface area contributed by atoms with E-state index in [0.717, 1.165) is 33.3 Å². The minimum absolute atomic E-state index is 0.0358. The Morgan fingerprint density at radius 2 is 1.80 bits per heavy atom. The van der Waals surface area contributed by atoms with Crippen molar-refractivity contribution in [2.45, 2.75) is 97.8 Å². The van der Waals surface area contributed by atoms with E-state index in [-0.39, 0.29) is 56.0 Å². The highest BCUT2D eigenvalue weighted by molar-refractivity contribution is 5.96. The fraction of sp³-hybridized carbons (Fsp3) is 0.460. The van der Waals surface area contributed by atoms with Crippen molar-refractivity contribution in [2.24, 2.45) is 17.3 Å². The number of ether oxygens (including phenoxy) is 1. The average molecular weight is 904 g/mol. The Hall–Kier alpha value is -6.55. The smallest absolute Gasteiger partial charge is 0.324 e. The Labute approximate surface area is 384 Å². The first kappa shape index (κ1) is 47.4. The van der Waals surface area contributed by atoms with Gasteiger partial charge in [0.2, 0.25) is 17.7 Å². The van der Waals surface area contributed by atoms with Crippen LogP contribution in [0.3, 0.4) is 0 Å². The minimum atomic E-state index is -1.19. The van der Waals surface area contributed by atoms with Crippen molar-refractivity contribution in [1.29, 1.82) is 0 Å². The summed E-state index contributed by atoms with van der Waals surface area (Å²) in [5.74, 6) is -3.99. The number of likely N-dealkylation sites (N-methyl/N-ethyl adjacent to an activating group) is 1. The van der Waals surface area contributed by atoms with Gasteiger partial charge in [0.1, 0.15) is 23.9 Å². The van der Waals surface area contributed by atoms with Gasteiger partial charge >= 0.3 is 11.9 Å². The van der Waals surface area contributed by atoms with E-state index in [4.69, 9.17) is 4.74 Å². The number of carbonyl (C=O) groups is 6. The standard InChI is InChI=1S/C50H61N7O9/c1-8-42(59)55-18-16-33(27-55)47(63)54(7)44(29(3)4)46(62)52-40-21-30-19-34(22-36(58)20-30)31-13-15-41-37(23-31)38(45(56(41)9-2)32-12-14-35(51-26-32)24-43(60)61)25-50(5,6)28-66-49(65)39-11-10-17-57(53-39)48(40)64/h8,12-15,19-20,22-23,26,29,33,39-40,44,53,58H,1,9-11,16-18,21,24-25,27-28H2,2-7H3,(H,52,62)(H,60,61)/t33-,39-,40-,44-/m0/s1. The van der Waals surface area contributed by atoms with Crippen LogP contribution < -0.4 is 10.7 Å². The summed E-state index contributed by atoms with van der Waals surface area (Å²) in [7, 11) is 1.57. The second kappa shape index (κ2) is 19.5. The normalized spacial score (nSPS) is 20.4. The van der Waals surface area contributed by atoms with Crippen LogP contribution in [0.2, 0.25) is 0 Å². The molecular weight excluding hydrogens is 843 g/mol. The number of hydrogen-bond donors (Lipinski definition) is 4. The molecule has 0 unspecified atom stereocenters. The fourth-order valence-electron chi connectivity index (χ4n) is 9.76. The summed E-state index contributed by atoms with van der Waals surface area (Å²) >= 11 is 0. The number of nitrogens with zero attached hydrogens (tertiary/aromatic N) is 5. The number of fused-ring (bicyclic) bond motifs is 6. The third kappa shape index (κ3) is 10.1. The molecule has 0 spiro atoms. The van der Waals surface area contributed by atoms with Crippen LogP contribution in [-0.2, 0) is 59.3 Å². The maximum absolute atomic E-state index is 14.7. The van der Waals surface area contributed by atoms with Crippen LogP contribution in [-0.4, -0.2) is 122 Å². The number of nitrogens with one attached hydrogen (secondary N) is 2. The van der Waals surface area contributed by atoms with E-state index in [0.29, 0.717) is 55.6 Å². The lowest BCUT2D eigenvalue weighted by Gasteiger charge is -2.37. The molecule has 4 amide bonds. The van der Waals surface area contributed by atoms with Crippen LogP contribution in [0.1, 0.15) is 70.7 Å². The van der Waals surface area contributed by atoms with Crippen molar-refractivity contribution >= 4 is 46.5 Å². The van der Waals surface area contributed by atoms with Gasteiger partial charge in [0.25, 0.3) is 5.91 Å². The van der Waals surface area contributed by atoms with Crippen LogP contribution in [0, 0.1) is 17.3 Å². The second-order valence-electron chi connectivity index (χ2n) is 18.9. The summed E-state index contributed by atoms with van der Waals surface area (Å²) < 4.78 is 8.24. The van der Waals surface area contributed by atoms with E-state index in [9.17, 15) is 39.0 Å². The van der Waals surface area contributed by atoms with E-state index in [1.807, 2.05) is 52.0 Å². The van der Waals surface area contributed by atoms with Gasteiger partial charge in [0, 0.05) is 67.7 Å². The monoisotopic (exact) mass is 903 g/mol. The molecule has 7 rings (SSSR count). The highest BCUT2D eigenvalue weighted by Crippen LogP contribution is 2.40. The number of carboxylic acids is 1. The van der Waals surface area contributed by atoms with Gasteiger partial charge in [0.05, 0.1) is 30.3 Å². The summed E-state index contributed by atoms with van der Waals surface area (Å²) in [5, 5.41) is 25.9. The molecule has 66 heavy (non-hydrogen) atoms. The van der Waals surface area contributed by atoms with Crippen molar-refractivity contribution in [2.75, 3.05) is 33.3 Å². The molecule has 16 heteroatoms. The molecule has 0 aliphatic carbocycles. The lowest BCUT2D eigenvalue weighted by Crippen LogP contribution is -2.62. The molecular formula is C50H61N7O9. The number of likely N-dealkylation sites (tertiary alicyclic amines) is 1. The summed E-state index contributed by atoms with van der Waals surface area (Å²) in [6, 6.07) is 11.8. The predicted octanol–water partition coefficient (Wildman–Crippen LogP) is 4.89. The first-order chi connectivity index (χ1) is 31.4. The molecule has 6 bridgehead atoms. The number of carboxylic acid groups (broad SMARTS) is 1. The highest BCUT2D eigenvalue weighted by atomic mass is 16.5. The first-order valence-corrected chi connectivity index (χ1v) is 22.8. The molecule has 4 N–H and O–H groups in total. The number of aromatic hydroxyl groups is 1. The summed E-state index contributed by atoms with van der Waals surface area (Å²) in [5.41, 5.74) is 8.60. The third-order valence-electron chi connectivity index (χ3n) is 13.0. The number of hydrogen-bond acceptors (Lipinski definition) is 10. The number of aromatic nitrogens is 2. The van der Waals surface area contributed by atoms with Crippen molar-refractivity contribution < 1.29 is 43.7 Å². The topological polar surface area (TPSA) is 204 Å². The van der Waals surface area contributed by atoms with Crippen molar-refractivity contribution in [3.63, 3.8) is 0 Å². The predicted molar refractivity (Wildman–Crippen MR) is 248 cm³/mol. The number of carbonyl (C=O) groups excluding carboxylic acids is 5. The minimum Gasteiger partial charge on any atom is -0.508 e. The number of aryl methyl sites for hydroxylation is 1. The number of hydrazine groups is 1. The molecule has 2 aromatic carbocycles. The van der Waals surface area contributed by atoms with Crippen LogP contribution in [0.4, 0.5) is 0 Å². The third-order valence-corrected chi connectivity index (χ3v) is 13.0. The SMILES string of the molecule is C=CC(=O)N1CC[C@H](C(=O)N(C)[C@H](C(=O)N[C@H]2Cc3cc(O)cc(c3)-c3ccc4c(c3)c(c(-c3ccc(CC(=O)O)nc3)n4CC)CC(C)(C)COC(=O)[C@@H]3CCCN(N3)C2=O)C(C)C)C1. The Morgan fingerprint density at radius 3 is 2.48 bits per heavy atom. The maximum Gasteiger partial charge on any atom is 0.324 e. The van der Waals surface area contributed by atoms with Crippen LogP contribution in [0.5, 0.6) is 5.75 Å². The molecule has 0 radical (unpaired) electrons. The molecule has 350 valence electrons. The quantitative estimate of drug-likeness (QED) is 0.125. The van der Waals surface area contributed by atoms with Gasteiger partial charge in [-0.05, 0) is 103 Å². The Kier molecular flexibility index (Phi) is 14.0. The maximum atomic E-state index is 14.7. The number of phenols is 1. The molecule has 3 aliphatic rings. The van der Waals surface area contributed by atoms with Crippen molar-refractivity contribution in [1.82, 2.24) is 35.1 Å². The zero-order chi connectivity index (χ0) is 47.6. The largest absolute Gasteiger partial charge is 0.508 e. The first-order valence-electron chi connectivity index (χ1n) is 22.8. The Bertz CT molecular complexity index is 2550. The summed E-state index contributed by atoms with van der Waals surface area (Å²) in [4.78, 5) is 88.1. The van der Waals surface area contributed by atoms with E-state index < -0.39 is 53.2 Å².